The number of piperidine rings is 1. The van der Waals surface area contributed by atoms with Gasteiger partial charge in [0.2, 0.25) is 0 Å². The Balaban J connectivity index is 1.46. The second-order valence-corrected chi connectivity index (χ2v) is 7.49. The first-order valence-electron chi connectivity index (χ1n) is 8.74. The van der Waals surface area contributed by atoms with Gasteiger partial charge in [0.15, 0.2) is 0 Å². The molecule has 0 spiro atoms. The highest BCUT2D eigenvalue weighted by molar-refractivity contribution is 5.92. The van der Waals surface area contributed by atoms with Crippen LogP contribution in [0.15, 0.2) is 6.07 Å². The third-order valence-corrected chi connectivity index (χ3v) is 5.76. The van der Waals surface area contributed by atoms with Crippen LogP contribution >= 0.6 is 0 Å². The van der Waals surface area contributed by atoms with E-state index in [4.69, 9.17) is 0 Å². The van der Waals surface area contributed by atoms with Crippen molar-refractivity contribution in [2.24, 2.45) is 11.8 Å². The number of amides is 1. The number of nitrogens with one attached hydrogen (secondary N) is 1. The topological polar surface area (TPSA) is 52.2 Å². The molecule has 0 unspecified atom stereocenters. The van der Waals surface area contributed by atoms with Crippen molar-refractivity contribution < 1.29 is 4.79 Å². The lowest BCUT2D eigenvalue weighted by Crippen LogP contribution is -2.47. The van der Waals surface area contributed by atoms with Crippen LogP contribution in [0.3, 0.4) is 0 Å². The zero-order valence-corrected chi connectivity index (χ0v) is 13.4. The molecule has 5 rings (SSSR count). The highest BCUT2D eigenvalue weighted by Gasteiger charge is 2.38. The van der Waals surface area contributed by atoms with Crippen LogP contribution in [0.25, 0.3) is 0 Å². The van der Waals surface area contributed by atoms with Crippen molar-refractivity contribution in [3.8, 4) is 0 Å². The maximum absolute atomic E-state index is 12.7. The van der Waals surface area contributed by atoms with E-state index in [1.165, 1.54) is 45.2 Å². The summed E-state index contributed by atoms with van der Waals surface area (Å²) < 4.78 is 0. The van der Waals surface area contributed by atoms with E-state index >= 15 is 0 Å². The van der Waals surface area contributed by atoms with Crippen molar-refractivity contribution in [1.82, 2.24) is 20.0 Å². The van der Waals surface area contributed by atoms with E-state index in [1.807, 2.05) is 13.0 Å². The van der Waals surface area contributed by atoms with Crippen LogP contribution in [-0.2, 0) is 0 Å². The van der Waals surface area contributed by atoms with Crippen LogP contribution in [0.4, 0.5) is 0 Å². The molecular weight excluding hydrogens is 276 g/mol. The number of aromatic amines is 1. The van der Waals surface area contributed by atoms with Gasteiger partial charge in [-0.1, -0.05) is 6.42 Å². The van der Waals surface area contributed by atoms with Gasteiger partial charge in [-0.25, -0.2) is 0 Å². The molecule has 2 atom stereocenters. The van der Waals surface area contributed by atoms with Crippen molar-refractivity contribution in [2.45, 2.75) is 45.1 Å². The average Bonchev–Trinajstić information content (AvgIpc) is 2.70. The maximum atomic E-state index is 12.7. The van der Waals surface area contributed by atoms with Gasteiger partial charge in [-0.05, 0) is 50.5 Å². The molecule has 3 aliphatic heterocycles. The van der Waals surface area contributed by atoms with E-state index in [0.29, 0.717) is 17.7 Å². The minimum atomic E-state index is 0.103. The number of carbonyl (C=O) groups is 1. The van der Waals surface area contributed by atoms with Gasteiger partial charge in [-0.2, -0.15) is 5.10 Å². The summed E-state index contributed by atoms with van der Waals surface area (Å²) in [6.07, 6.45) is 6.75. The van der Waals surface area contributed by atoms with Gasteiger partial charge in [0.25, 0.3) is 5.91 Å². The molecule has 1 aromatic heterocycles. The number of rotatable bonds is 3. The lowest BCUT2D eigenvalue weighted by Gasteiger charge is -2.40. The summed E-state index contributed by atoms with van der Waals surface area (Å²) in [6.45, 7) is 6.17. The number of hydrogen-bond donors (Lipinski definition) is 1. The van der Waals surface area contributed by atoms with Crippen molar-refractivity contribution >= 4 is 5.91 Å². The van der Waals surface area contributed by atoms with E-state index < -0.39 is 0 Å². The Morgan fingerprint density at radius 3 is 2.82 bits per heavy atom. The summed E-state index contributed by atoms with van der Waals surface area (Å²) >= 11 is 0. The smallest absolute Gasteiger partial charge is 0.274 e. The van der Waals surface area contributed by atoms with Gasteiger partial charge >= 0.3 is 0 Å². The predicted octanol–water partition coefficient (Wildman–Crippen LogP) is 2.05. The molecule has 1 N–H and O–H groups in total. The number of aryl methyl sites for hydroxylation is 1. The predicted molar refractivity (Wildman–Crippen MR) is 84.7 cm³/mol. The lowest BCUT2D eigenvalue weighted by atomic mass is 9.83. The normalized spacial score (nSPS) is 29.4. The summed E-state index contributed by atoms with van der Waals surface area (Å²) in [5.41, 5.74) is 1.53. The molecule has 4 heterocycles. The number of aromatic nitrogens is 2. The van der Waals surface area contributed by atoms with Crippen LogP contribution in [0, 0.1) is 18.8 Å². The van der Waals surface area contributed by atoms with E-state index in [9.17, 15) is 4.79 Å². The Morgan fingerprint density at radius 2 is 2.14 bits per heavy atom. The highest BCUT2D eigenvalue weighted by atomic mass is 16.2. The molecule has 1 aliphatic carbocycles. The molecule has 4 aliphatic rings. The fraction of sp³-hybridized carbons (Fsp3) is 0.765. The molecule has 4 fully saturated rings. The van der Waals surface area contributed by atoms with Gasteiger partial charge < -0.3 is 4.90 Å². The Labute approximate surface area is 132 Å². The molecule has 2 bridgehead atoms. The molecule has 22 heavy (non-hydrogen) atoms. The first-order chi connectivity index (χ1) is 10.7. The maximum Gasteiger partial charge on any atom is 0.274 e. The summed E-state index contributed by atoms with van der Waals surface area (Å²) in [5.74, 6) is 1.66. The van der Waals surface area contributed by atoms with Crippen LogP contribution in [-0.4, -0.2) is 58.1 Å². The zero-order valence-electron chi connectivity index (χ0n) is 13.4. The Kier molecular flexibility index (Phi) is 3.68. The van der Waals surface area contributed by atoms with Gasteiger partial charge in [0.05, 0.1) is 0 Å². The monoisotopic (exact) mass is 302 g/mol. The fourth-order valence-corrected chi connectivity index (χ4v) is 4.27. The quantitative estimate of drug-likeness (QED) is 0.930. The molecule has 1 saturated carbocycles. The molecule has 120 valence electrons. The standard InChI is InChI=1S/C17H26N4O/c1-12-7-16(19-18-12)17(22)21-10-14-5-6-15(11-21)20(9-14)8-13-3-2-4-13/h7,13-15H,2-6,8-11H2,1H3,(H,18,19)/t14-,15-/m1/s1. The number of H-pyrrole nitrogens is 1. The van der Waals surface area contributed by atoms with Crippen LogP contribution in [0.2, 0.25) is 0 Å². The molecule has 0 aromatic carbocycles. The fourth-order valence-electron chi connectivity index (χ4n) is 4.27. The van der Waals surface area contributed by atoms with E-state index in [1.54, 1.807) is 0 Å². The van der Waals surface area contributed by atoms with Gasteiger partial charge in [0.1, 0.15) is 5.69 Å². The number of hydrogen-bond acceptors (Lipinski definition) is 3. The van der Waals surface area contributed by atoms with Crippen molar-refractivity contribution in [1.29, 1.82) is 0 Å². The van der Waals surface area contributed by atoms with Crippen LogP contribution in [0.1, 0.15) is 48.3 Å². The Hall–Kier alpha value is -1.36. The summed E-state index contributed by atoms with van der Waals surface area (Å²) in [5, 5.41) is 7.04. The summed E-state index contributed by atoms with van der Waals surface area (Å²) in [4.78, 5) is 17.4. The lowest BCUT2D eigenvalue weighted by molar-refractivity contribution is 0.0712. The summed E-state index contributed by atoms with van der Waals surface area (Å²) in [7, 11) is 0. The molecule has 0 radical (unpaired) electrons. The Morgan fingerprint density at radius 1 is 1.27 bits per heavy atom. The molecule has 1 aromatic rings. The first kappa shape index (κ1) is 14.2. The van der Waals surface area contributed by atoms with Gasteiger partial charge in [0, 0.05) is 37.9 Å². The van der Waals surface area contributed by atoms with Crippen molar-refractivity contribution in [3.63, 3.8) is 0 Å². The average molecular weight is 302 g/mol. The van der Waals surface area contributed by atoms with Crippen molar-refractivity contribution in [3.05, 3.63) is 17.5 Å². The molecule has 3 saturated heterocycles. The third-order valence-electron chi connectivity index (χ3n) is 5.76. The third kappa shape index (κ3) is 2.67. The highest BCUT2D eigenvalue weighted by Crippen LogP contribution is 2.33. The van der Waals surface area contributed by atoms with Gasteiger partial charge in [-0.15, -0.1) is 0 Å². The SMILES string of the molecule is Cc1cc(C(=O)N2C[C@@H]3CC[C@H](C2)N(CC2CCC2)C3)n[nH]1. The second kappa shape index (κ2) is 5.69. The largest absolute Gasteiger partial charge is 0.335 e. The Bertz CT molecular complexity index is 551. The van der Waals surface area contributed by atoms with Crippen LogP contribution < -0.4 is 0 Å². The zero-order chi connectivity index (χ0) is 15.1. The minimum absolute atomic E-state index is 0.103. The number of nitrogens with zero attached hydrogens (tertiary/aromatic N) is 3. The first-order valence-corrected chi connectivity index (χ1v) is 8.74. The number of fused-ring (bicyclic) bond motifs is 4. The second-order valence-electron chi connectivity index (χ2n) is 7.49. The van der Waals surface area contributed by atoms with E-state index in [2.05, 4.69) is 20.0 Å². The number of carbonyl (C=O) groups excluding carboxylic acids is 1. The molecule has 5 nitrogen and oxygen atoms in total. The van der Waals surface area contributed by atoms with Crippen molar-refractivity contribution in [2.75, 3.05) is 26.2 Å². The molecular formula is C17H26N4O. The van der Waals surface area contributed by atoms with Crippen LogP contribution in [0.5, 0.6) is 0 Å². The van der Waals surface area contributed by atoms with E-state index in [-0.39, 0.29) is 5.91 Å². The van der Waals surface area contributed by atoms with Gasteiger partial charge in [-0.3, -0.25) is 14.8 Å². The minimum Gasteiger partial charge on any atom is -0.335 e. The van der Waals surface area contributed by atoms with E-state index in [0.717, 1.165) is 24.7 Å². The molecule has 5 heteroatoms. The summed E-state index contributed by atoms with van der Waals surface area (Å²) in [6, 6.07) is 2.42. The molecule has 1 amide bonds.